The van der Waals surface area contributed by atoms with Gasteiger partial charge in [-0.25, -0.2) is 4.98 Å². The lowest BCUT2D eigenvalue weighted by atomic mass is 10.1. The molecule has 2 aromatic heterocycles. The quantitative estimate of drug-likeness (QED) is 0.626. The van der Waals surface area contributed by atoms with E-state index in [0.29, 0.717) is 0 Å². The zero-order valence-corrected chi connectivity index (χ0v) is 10.9. The van der Waals surface area contributed by atoms with Crippen LogP contribution >= 0.6 is 11.3 Å². The number of aromatic nitrogens is 2. The minimum absolute atomic E-state index is 0.803. The lowest BCUT2D eigenvalue weighted by Crippen LogP contribution is -1.84. The summed E-state index contributed by atoms with van der Waals surface area (Å²) >= 11 is 1.55. The smallest absolute Gasteiger partial charge is 0.124 e. The maximum atomic E-state index is 4.43. The van der Waals surface area contributed by atoms with Gasteiger partial charge in [0.15, 0.2) is 0 Å². The minimum Gasteiger partial charge on any atom is -0.255 e. The summed E-state index contributed by atoms with van der Waals surface area (Å²) in [7, 11) is 0. The molecule has 0 saturated heterocycles. The standard InChI is InChI=1S/C16H10N2S/c1-2-4-14(5-3-1)16-9-7-13(10-17-16)6-8-15-11-19-12-18-15/h1-5,7,9-12H. The van der Waals surface area contributed by atoms with Gasteiger partial charge in [-0.05, 0) is 18.1 Å². The molecule has 19 heavy (non-hydrogen) atoms. The van der Waals surface area contributed by atoms with Gasteiger partial charge in [-0.15, -0.1) is 11.3 Å². The number of pyridine rings is 1. The van der Waals surface area contributed by atoms with Gasteiger partial charge in [-0.2, -0.15) is 0 Å². The molecule has 1 aromatic carbocycles. The molecule has 2 heterocycles. The van der Waals surface area contributed by atoms with Crippen LogP contribution in [0.5, 0.6) is 0 Å². The molecule has 0 spiro atoms. The minimum atomic E-state index is 0.803. The van der Waals surface area contributed by atoms with Crippen molar-refractivity contribution in [3.63, 3.8) is 0 Å². The first-order valence-electron chi connectivity index (χ1n) is 5.83. The van der Waals surface area contributed by atoms with E-state index in [0.717, 1.165) is 22.5 Å². The van der Waals surface area contributed by atoms with E-state index in [1.807, 2.05) is 47.8 Å². The van der Waals surface area contributed by atoms with E-state index < -0.39 is 0 Å². The van der Waals surface area contributed by atoms with E-state index in [9.17, 15) is 0 Å². The van der Waals surface area contributed by atoms with Crippen molar-refractivity contribution in [3.05, 3.63) is 70.8 Å². The zero-order valence-electron chi connectivity index (χ0n) is 10.1. The summed E-state index contributed by atoms with van der Waals surface area (Å²) in [5, 5.41) is 1.93. The fourth-order valence-electron chi connectivity index (χ4n) is 1.66. The van der Waals surface area contributed by atoms with Gasteiger partial charge in [0.05, 0.1) is 11.2 Å². The average Bonchev–Trinajstić information content (AvgIpc) is 3.00. The van der Waals surface area contributed by atoms with Crippen LogP contribution in [0.25, 0.3) is 11.3 Å². The zero-order chi connectivity index (χ0) is 12.9. The molecule has 3 rings (SSSR count). The SMILES string of the molecule is C(#Cc1cscn1)c1ccc(-c2ccccc2)nc1. The van der Waals surface area contributed by atoms with Crippen molar-refractivity contribution in [1.29, 1.82) is 0 Å². The van der Waals surface area contributed by atoms with Gasteiger partial charge in [-0.1, -0.05) is 36.3 Å². The van der Waals surface area contributed by atoms with Crippen molar-refractivity contribution < 1.29 is 0 Å². The van der Waals surface area contributed by atoms with Crippen LogP contribution in [0.1, 0.15) is 11.3 Å². The Hall–Kier alpha value is -2.44. The highest BCUT2D eigenvalue weighted by molar-refractivity contribution is 7.07. The van der Waals surface area contributed by atoms with Gasteiger partial charge >= 0.3 is 0 Å². The molecule has 0 saturated carbocycles. The maximum absolute atomic E-state index is 4.43. The predicted octanol–water partition coefficient (Wildman–Crippen LogP) is 3.60. The second-order valence-corrected chi connectivity index (χ2v) is 4.64. The first-order chi connectivity index (χ1) is 9.42. The second kappa shape index (κ2) is 5.47. The second-order valence-electron chi connectivity index (χ2n) is 3.92. The molecule has 0 fully saturated rings. The number of hydrogen-bond donors (Lipinski definition) is 0. The molecule has 3 aromatic rings. The Morgan fingerprint density at radius 2 is 1.79 bits per heavy atom. The summed E-state index contributed by atoms with van der Waals surface area (Å²) in [6.45, 7) is 0. The first kappa shape index (κ1) is 11.6. The lowest BCUT2D eigenvalue weighted by molar-refractivity contribution is 1.31. The van der Waals surface area contributed by atoms with Gasteiger partial charge in [0.2, 0.25) is 0 Å². The Morgan fingerprint density at radius 1 is 0.895 bits per heavy atom. The third-order valence-electron chi connectivity index (χ3n) is 2.60. The van der Waals surface area contributed by atoms with Gasteiger partial charge < -0.3 is 0 Å². The molecule has 0 unspecified atom stereocenters. The van der Waals surface area contributed by atoms with Crippen molar-refractivity contribution >= 4 is 11.3 Å². The summed E-state index contributed by atoms with van der Waals surface area (Å²) in [5.41, 5.74) is 5.55. The van der Waals surface area contributed by atoms with Gasteiger partial charge in [0.1, 0.15) is 5.69 Å². The van der Waals surface area contributed by atoms with Crippen LogP contribution < -0.4 is 0 Å². The monoisotopic (exact) mass is 262 g/mol. The van der Waals surface area contributed by atoms with Crippen molar-refractivity contribution in [2.75, 3.05) is 0 Å². The summed E-state index contributed by atoms with van der Waals surface area (Å²) < 4.78 is 0. The molecule has 0 amide bonds. The molecule has 0 atom stereocenters. The average molecular weight is 262 g/mol. The Labute approximate surface area is 115 Å². The molecule has 0 N–H and O–H groups in total. The predicted molar refractivity (Wildman–Crippen MR) is 77.8 cm³/mol. The van der Waals surface area contributed by atoms with E-state index in [4.69, 9.17) is 0 Å². The highest BCUT2D eigenvalue weighted by Crippen LogP contribution is 2.15. The van der Waals surface area contributed by atoms with Crippen LogP contribution in [0.4, 0.5) is 0 Å². The number of rotatable bonds is 1. The topological polar surface area (TPSA) is 25.8 Å². The van der Waals surface area contributed by atoms with Crippen molar-refractivity contribution in [1.82, 2.24) is 9.97 Å². The third-order valence-corrected chi connectivity index (χ3v) is 3.19. The molecule has 3 heteroatoms. The summed E-state index contributed by atoms with van der Waals surface area (Å²) in [6.07, 6.45) is 1.79. The van der Waals surface area contributed by atoms with Crippen LogP contribution in [-0.2, 0) is 0 Å². The molecule has 90 valence electrons. The lowest BCUT2D eigenvalue weighted by Gasteiger charge is -1.99. The molecular formula is C16H10N2S. The Balaban J connectivity index is 1.84. The Morgan fingerprint density at radius 3 is 2.47 bits per heavy atom. The molecule has 0 aliphatic heterocycles. The Kier molecular flexibility index (Phi) is 3.35. The van der Waals surface area contributed by atoms with Crippen LogP contribution in [0.2, 0.25) is 0 Å². The van der Waals surface area contributed by atoms with Crippen LogP contribution in [0.3, 0.4) is 0 Å². The Bertz CT molecular complexity index is 705. The van der Waals surface area contributed by atoms with Crippen LogP contribution in [0.15, 0.2) is 59.6 Å². The fourth-order valence-corrected chi connectivity index (χ4v) is 2.14. The summed E-state index contributed by atoms with van der Waals surface area (Å²) in [4.78, 5) is 8.55. The van der Waals surface area contributed by atoms with E-state index >= 15 is 0 Å². The molecular weight excluding hydrogens is 252 g/mol. The van der Waals surface area contributed by atoms with E-state index in [-0.39, 0.29) is 0 Å². The van der Waals surface area contributed by atoms with Crippen LogP contribution in [0, 0.1) is 11.8 Å². The molecule has 0 aliphatic carbocycles. The van der Waals surface area contributed by atoms with Crippen molar-refractivity contribution in [2.24, 2.45) is 0 Å². The first-order valence-corrected chi connectivity index (χ1v) is 6.78. The van der Waals surface area contributed by atoms with Gasteiger partial charge in [0, 0.05) is 22.7 Å². The number of hydrogen-bond acceptors (Lipinski definition) is 3. The fraction of sp³-hybridized carbons (Fsp3) is 0. The highest BCUT2D eigenvalue weighted by atomic mass is 32.1. The molecule has 2 nitrogen and oxygen atoms in total. The van der Waals surface area contributed by atoms with Crippen LogP contribution in [-0.4, -0.2) is 9.97 Å². The largest absolute Gasteiger partial charge is 0.255 e. The van der Waals surface area contributed by atoms with Crippen molar-refractivity contribution in [3.8, 4) is 23.1 Å². The van der Waals surface area contributed by atoms with Gasteiger partial charge in [0.25, 0.3) is 0 Å². The van der Waals surface area contributed by atoms with E-state index in [1.165, 1.54) is 0 Å². The maximum Gasteiger partial charge on any atom is 0.124 e. The highest BCUT2D eigenvalue weighted by Gasteiger charge is 1.97. The number of benzene rings is 1. The summed E-state index contributed by atoms with van der Waals surface area (Å²) in [6, 6.07) is 14.1. The molecule has 0 bridgehead atoms. The molecule has 0 radical (unpaired) electrons. The number of nitrogens with zero attached hydrogens (tertiary/aromatic N) is 2. The normalized spacial score (nSPS) is 9.68. The van der Waals surface area contributed by atoms with Crippen molar-refractivity contribution in [2.45, 2.75) is 0 Å². The summed E-state index contributed by atoms with van der Waals surface area (Å²) in [5.74, 6) is 6.07. The molecule has 0 aliphatic rings. The van der Waals surface area contributed by atoms with Gasteiger partial charge in [-0.3, -0.25) is 4.98 Å². The van der Waals surface area contributed by atoms with E-state index in [2.05, 4.69) is 21.8 Å². The third kappa shape index (κ3) is 2.87. The van der Waals surface area contributed by atoms with E-state index in [1.54, 1.807) is 23.0 Å². The number of thiazole rings is 1.